The summed E-state index contributed by atoms with van der Waals surface area (Å²) in [5, 5.41) is 22.9. The molecule has 0 heterocycles. The van der Waals surface area contributed by atoms with Crippen molar-refractivity contribution < 1.29 is 38.7 Å². The van der Waals surface area contributed by atoms with Crippen LogP contribution < -0.4 is 49.1 Å². The number of aliphatic imine (C=N–C) groups is 1. The number of aliphatic carboxylic acids is 1. The van der Waals surface area contributed by atoms with Crippen LogP contribution in [0, 0.1) is 11.8 Å². The predicted octanol–water partition coefficient (Wildman–Crippen LogP) is -4.02. The number of amides is 6. The highest BCUT2D eigenvalue weighted by Crippen LogP contribution is 2.08. The second-order valence-corrected chi connectivity index (χ2v) is 10.9. The molecule has 0 aromatic rings. The van der Waals surface area contributed by atoms with E-state index >= 15 is 0 Å². The molecule has 0 spiro atoms. The quantitative estimate of drug-likeness (QED) is 0.0352. The van der Waals surface area contributed by atoms with Crippen LogP contribution >= 0.6 is 0 Å². The molecule has 6 amide bonds. The van der Waals surface area contributed by atoms with Crippen molar-refractivity contribution in [3.63, 3.8) is 0 Å². The molecule has 0 aliphatic carbocycles. The molecule has 0 rings (SSSR count). The fraction of sp³-hybridized carbons (Fsp3) is 0.692. The number of hydrogen-bond acceptors (Lipinski definition) is 9. The molecule has 0 aliphatic rings. The zero-order chi connectivity index (χ0) is 34.0. The molecular weight excluding hydrogens is 580 g/mol. The molecule has 0 aromatic carbocycles. The summed E-state index contributed by atoms with van der Waals surface area (Å²) in [6.07, 6.45) is 0.795. The zero-order valence-corrected chi connectivity index (χ0v) is 25.9. The lowest BCUT2D eigenvalue weighted by Crippen LogP contribution is -2.58. The van der Waals surface area contributed by atoms with Crippen LogP contribution in [0.15, 0.2) is 4.99 Å². The maximum absolute atomic E-state index is 13.2. The number of nitrogens with zero attached hydrogens (tertiary/aromatic N) is 1. The van der Waals surface area contributed by atoms with Gasteiger partial charge in [0.2, 0.25) is 35.4 Å². The van der Waals surface area contributed by atoms with Crippen molar-refractivity contribution in [2.24, 2.45) is 34.0 Å². The van der Waals surface area contributed by atoms with Crippen LogP contribution in [0.4, 0.5) is 0 Å². The first-order valence-corrected chi connectivity index (χ1v) is 14.2. The second-order valence-electron chi connectivity index (χ2n) is 10.9. The van der Waals surface area contributed by atoms with Crippen molar-refractivity contribution in [1.29, 1.82) is 0 Å². The van der Waals surface area contributed by atoms with Gasteiger partial charge in [-0.1, -0.05) is 27.7 Å². The minimum Gasteiger partial charge on any atom is -0.480 e. The Morgan fingerprint density at radius 1 is 0.727 bits per heavy atom. The van der Waals surface area contributed by atoms with Crippen molar-refractivity contribution >= 4 is 47.4 Å². The van der Waals surface area contributed by atoms with E-state index < -0.39 is 85.2 Å². The average Bonchev–Trinajstić information content (AvgIpc) is 2.92. The minimum atomic E-state index is -1.25. The molecule has 0 saturated carbocycles. The molecule has 0 fully saturated rings. The lowest BCUT2D eigenvalue weighted by atomic mass is 10.00. The first-order valence-electron chi connectivity index (χ1n) is 14.2. The molecule has 0 saturated heterocycles. The van der Waals surface area contributed by atoms with E-state index in [9.17, 15) is 33.6 Å². The summed E-state index contributed by atoms with van der Waals surface area (Å²) in [6.45, 7) is 7.06. The van der Waals surface area contributed by atoms with Crippen molar-refractivity contribution in [2.75, 3.05) is 26.2 Å². The van der Waals surface area contributed by atoms with Crippen molar-refractivity contribution in [2.45, 2.75) is 78.0 Å². The van der Waals surface area contributed by atoms with E-state index in [4.69, 9.17) is 22.3 Å². The number of carbonyl (C=O) groups excluding carboxylic acids is 6. The number of carboxylic acids is 1. The van der Waals surface area contributed by atoms with Gasteiger partial charge in [-0.3, -0.25) is 38.6 Å². The van der Waals surface area contributed by atoms with E-state index in [1.165, 1.54) is 6.92 Å². The van der Waals surface area contributed by atoms with Gasteiger partial charge in [0.15, 0.2) is 5.96 Å². The Bertz CT molecular complexity index is 1050. The summed E-state index contributed by atoms with van der Waals surface area (Å²) in [5.74, 6) is -5.64. The van der Waals surface area contributed by atoms with Gasteiger partial charge in [-0.05, 0) is 38.0 Å². The molecule has 0 aliphatic heterocycles. The van der Waals surface area contributed by atoms with Crippen LogP contribution in [0.25, 0.3) is 0 Å². The van der Waals surface area contributed by atoms with Crippen LogP contribution in [0.5, 0.6) is 0 Å². The smallest absolute Gasteiger partial charge is 0.322 e. The summed E-state index contributed by atoms with van der Waals surface area (Å²) in [7, 11) is 0. The Hall–Kier alpha value is -4.48. The van der Waals surface area contributed by atoms with Crippen LogP contribution in [0.2, 0.25) is 0 Å². The monoisotopic (exact) mass is 628 g/mol. The fourth-order valence-electron chi connectivity index (χ4n) is 3.65. The van der Waals surface area contributed by atoms with Gasteiger partial charge < -0.3 is 54.2 Å². The van der Waals surface area contributed by atoms with Crippen LogP contribution in [0.1, 0.15) is 53.9 Å². The maximum atomic E-state index is 13.2. The van der Waals surface area contributed by atoms with E-state index in [2.05, 4.69) is 36.9 Å². The molecule has 18 nitrogen and oxygen atoms in total. The lowest BCUT2D eigenvalue weighted by Gasteiger charge is -2.26. The fourth-order valence-corrected chi connectivity index (χ4v) is 3.65. The molecule has 0 aromatic heterocycles. The van der Waals surface area contributed by atoms with E-state index in [0.29, 0.717) is 12.8 Å². The highest BCUT2D eigenvalue weighted by Gasteiger charge is 2.30. The summed E-state index contributed by atoms with van der Waals surface area (Å²) in [5.41, 5.74) is 16.6. The van der Waals surface area contributed by atoms with Gasteiger partial charge >= 0.3 is 5.97 Å². The van der Waals surface area contributed by atoms with Gasteiger partial charge in [-0.25, -0.2) is 0 Å². The van der Waals surface area contributed by atoms with E-state index in [-0.39, 0.29) is 30.8 Å². The summed E-state index contributed by atoms with van der Waals surface area (Å²) < 4.78 is 0. The Kier molecular flexibility index (Phi) is 18.3. The Balaban J connectivity index is 5.20. The Morgan fingerprint density at radius 3 is 1.86 bits per heavy atom. The van der Waals surface area contributed by atoms with Gasteiger partial charge in [-0.2, -0.15) is 0 Å². The van der Waals surface area contributed by atoms with Gasteiger partial charge in [0.1, 0.15) is 24.7 Å². The molecule has 250 valence electrons. The first kappa shape index (κ1) is 39.5. The predicted molar refractivity (Wildman–Crippen MR) is 160 cm³/mol. The number of hydrogen-bond donors (Lipinski definition) is 10. The third-order valence-electron chi connectivity index (χ3n) is 5.94. The molecular formula is C26H48N10O8. The molecule has 13 N–H and O–H groups in total. The number of guanidine groups is 1. The van der Waals surface area contributed by atoms with Gasteiger partial charge in [0.25, 0.3) is 0 Å². The largest absolute Gasteiger partial charge is 0.480 e. The number of rotatable bonds is 20. The Morgan fingerprint density at radius 2 is 1.32 bits per heavy atom. The second kappa shape index (κ2) is 20.4. The molecule has 0 bridgehead atoms. The van der Waals surface area contributed by atoms with Crippen LogP contribution in [-0.4, -0.2) is 103 Å². The maximum Gasteiger partial charge on any atom is 0.322 e. The summed E-state index contributed by atoms with van der Waals surface area (Å²) >= 11 is 0. The molecule has 0 radical (unpaired) electrons. The van der Waals surface area contributed by atoms with Gasteiger partial charge in [-0.15, -0.1) is 0 Å². The van der Waals surface area contributed by atoms with Crippen molar-refractivity contribution in [3.8, 4) is 0 Å². The summed E-state index contributed by atoms with van der Waals surface area (Å²) in [4.78, 5) is 89.1. The zero-order valence-electron chi connectivity index (χ0n) is 25.9. The third kappa shape index (κ3) is 17.5. The SMILES string of the molecule is CC(C)C[C@H](N)C(=O)N[C@H](C(=O)N[C@@H](CCCN=C(N)N)C(=O)NCC(=O)NCC(=O)N[C@@H](C)C(=O)NCC(=O)O)C(C)C. The van der Waals surface area contributed by atoms with E-state index in [1.54, 1.807) is 13.8 Å². The normalized spacial score (nSPS) is 13.5. The molecule has 44 heavy (non-hydrogen) atoms. The first-order chi connectivity index (χ1) is 20.4. The van der Waals surface area contributed by atoms with Crippen molar-refractivity contribution in [3.05, 3.63) is 0 Å². The average molecular weight is 629 g/mol. The Labute approximate surface area is 256 Å². The molecule has 4 atom stereocenters. The van der Waals surface area contributed by atoms with Crippen molar-refractivity contribution in [1.82, 2.24) is 31.9 Å². The van der Waals surface area contributed by atoms with E-state index in [0.717, 1.165) is 0 Å². The minimum absolute atomic E-state index is 0.0891. The highest BCUT2D eigenvalue weighted by atomic mass is 16.4. The highest BCUT2D eigenvalue weighted by molar-refractivity contribution is 5.95. The number of carboxylic acid groups (broad SMARTS) is 1. The van der Waals surface area contributed by atoms with Gasteiger partial charge in [0.05, 0.1) is 19.1 Å². The number of nitrogens with two attached hydrogens (primary N) is 3. The van der Waals surface area contributed by atoms with Crippen LogP contribution in [-0.2, 0) is 33.6 Å². The summed E-state index contributed by atoms with van der Waals surface area (Å²) in [6, 6.07) is -4.00. The lowest BCUT2D eigenvalue weighted by molar-refractivity contribution is -0.138. The molecule has 18 heteroatoms. The third-order valence-corrected chi connectivity index (χ3v) is 5.94. The van der Waals surface area contributed by atoms with E-state index in [1.807, 2.05) is 13.8 Å². The number of carbonyl (C=O) groups is 7. The van der Waals surface area contributed by atoms with Gasteiger partial charge in [0, 0.05) is 6.54 Å². The standard InChI is InChI=1S/C26H48N10O8/c1-13(2)9-16(27)23(42)36-21(14(3)4)25(44)35-17(7-6-8-30-26(28)29)24(43)32-10-18(37)31-11-19(38)34-15(5)22(41)33-12-20(39)40/h13-17,21H,6-12,27H2,1-5H3,(H,31,37)(H,32,43)(H,33,41)(H,34,38)(H,35,44)(H,36,42)(H,39,40)(H4,28,29,30)/t15-,16-,17-,21-/m0/s1. The number of nitrogens with one attached hydrogen (secondary N) is 6. The van der Waals surface area contributed by atoms with Crippen LogP contribution in [0.3, 0.4) is 0 Å². The topological polar surface area (TPSA) is 302 Å². The molecule has 0 unspecified atom stereocenters.